The largest absolute Gasteiger partial charge is 0.233 e. The van der Waals surface area contributed by atoms with Gasteiger partial charge in [0.05, 0.1) is 11.3 Å². The van der Waals surface area contributed by atoms with Crippen molar-refractivity contribution in [1.82, 2.24) is 4.98 Å². The number of allylic oxidation sites excluding steroid dienone is 1. The molecule has 0 N–H and O–H groups in total. The zero-order valence-electron chi connectivity index (χ0n) is 17.8. The monoisotopic (exact) mass is 462 g/mol. The first-order valence-electron chi connectivity index (χ1n) is 10.3. The number of fused-ring (bicyclic) bond motifs is 1. The van der Waals surface area contributed by atoms with Crippen LogP contribution in [0.4, 0.5) is 10.7 Å². The van der Waals surface area contributed by atoms with Crippen LogP contribution in [0, 0.1) is 18.3 Å². The third-order valence-corrected chi connectivity index (χ3v) is 6.90. The van der Waals surface area contributed by atoms with E-state index in [9.17, 15) is 5.26 Å². The van der Waals surface area contributed by atoms with Crippen molar-refractivity contribution in [3.8, 4) is 17.3 Å². The fourth-order valence-corrected chi connectivity index (χ4v) is 4.93. The van der Waals surface area contributed by atoms with Gasteiger partial charge in [-0.15, -0.1) is 21.6 Å². The number of thiophene rings is 1. The Morgan fingerprint density at radius 1 is 0.939 bits per heavy atom. The molecule has 33 heavy (non-hydrogen) atoms. The van der Waals surface area contributed by atoms with Crippen LogP contribution < -0.4 is 0 Å². The van der Waals surface area contributed by atoms with Crippen LogP contribution in [0.15, 0.2) is 94.5 Å². The molecule has 2 heterocycles. The lowest BCUT2D eigenvalue weighted by molar-refractivity contribution is 1.24. The lowest BCUT2D eigenvalue weighted by Crippen LogP contribution is -1.83. The van der Waals surface area contributed by atoms with Crippen molar-refractivity contribution in [2.45, 2.75) is 6.92 Å². The Morgan fingerprint density at radius 3 is 2.52 bits per heavy atom. The summed E-state index contributed by atoms with van der Waals surface area (Å²) in [7, 11) is 0. The van der Waals surface area contributed by atoms with Crippen LogP contribution in [0.5, 0.6) is 0 Å². The molecule has 0 atom stereocenters. The number of rotatable bonds is 5. The van der Waals surface area contributed by atoms with Crippen LogP contribution in [0.3, 0.4) is 0 Å². The molecule has 3 aromatic carbocycles. The number of thiazole rings is 1. The van der Waals surface area contributed by atoms with Crippen LogP contribution in [0.1, 0.15) is 15.4 Å². The lowest BCUT2D eigenvalue weighted by Gasteiger charge is -2.02. The smallest absolute Gasteiger partial charge is 0.167 e. The molecule has 0 unspecified atom stereocenters. The van der Waals surface area contributed by atoms with Crippen molar-refractivity contribution in [3.63, 3.8) is 0 Å². The third-order valence-electron chi connectivity index (χ3n) is 5.10. The zero-order valence-corrected chi connectivity index (χ0v) is 19.4. The Labute approximate surface area is 199 Å². The molecule has 158 valence electrons. The average Bonchev–Trinajstić information content (AvgIpc) is 3.52. The Balaban J connectivity index is 1.62. The van der Waals surface area contributed by atoms with Gasteiger partial charge in [-0.05, 0) is 53.4 Å². The van der Waals surface area contributed by atoms with Gasteiger partial charge in [-0.1, -0.05) is 71.5 Å². The van der Waals surface area contributed by atoms with Gasteiger partial charge in [0, 0.05) is 10.4 Å². The Kier molecular flexibility index (Phi) is 5.90. The highest BCUT2D eigenvalue weighted by Crippen LogP contribution is 2.40. The Hall–Kier alpha value is -3.92. The normalized spacial score (nSPS) is 11.8. The SMILES string of the molecule is Cc1ccc(N=Nc2sc(/C(C#N)=C\c3cccs3)nc2-c2ccc3ccccc3c2)cc1. The van der Waals surface area contributed by atoms with E-state index in [0.29, 0.717) is 15.6 Å². The van der Waals surface area contributed by atoms with E-state index in [4.69, 9.17) is 4.98 Å². The number of azo groups is 1. The van der Waals surface area contributed by atoms with Crippen LogP contribution in [-0.4, -0.2) is 4.98 Å². The van der Waals surface area contributed by atoms with Crippen LogP contribution in [0.25, 0.3) is 33.7 Å². The maximum absolute atomic E-state index is 9.82. The molecule has 0 spiro atoms. The van der Waals surface area contributed by atoms with Gasteiger partial charge in [0.25, 0.3) is 0 Å². The van der Waals surface area contributed by atoms with Crippen molar-refractivity contribution in [1.29, 1.82) is 5.26 Å². The maximum atomic E-state index is 9.82. The zero-order chi connectivity index (χ0) is 22.6. The molecule has 5 aromatic rings. The molecule has 0 aliphatic rings. The summed E-state index contributed by atoms with van der Waals surface area (Å²) in [4.78, 5) is 5.85. The van der Waals surface area contributed by atoms with Gasteiger partial charge in [-0.3, -0.25) is 0 Å². The predicted octanol–water partition coefficient (Wildman–Crippen LogP) is 8.81. The number of aromatic nitrogens is 1. The summed E-state index contributed by atoms with van der Waals surface area (Å²) in [5.41, 5.74) is 4.13. The van der Waals surface area contributed by atoms with Crippen molar-refractivity contribution in [2.75, 3.05) is 0 Å². The summed E-state index contributed by atoms with van der Waals surface area (Å²) in [6, 6.07) is 28.6. The van der Waals surface area contributed by atoms with Gasteiger partial charge in [-0.25, -0.2) is 4.98 Å². The molecule has 5 rings (SSSR count). The van der Waals surface area contributed by atoms with Gasteiger partial charge in [-0.2, -0.15) is 5.26 Å². The quantitative estimate of drug-likeness (QED) is 0.193. The fraction of sp³-hybridized carbons (Fsp3) is 0.0370. The summed E-state index contributed by atoms with van der Waals surface area (Å²) in [5, 5.41) is 24.4. The highest BCUT2D eigenvalue weighted by Gasteiger charge is 2.17. The molecule has 0 amide bonds. The molecule has 0 saturated carbocycles. The van der Waals surface area contributed by atoms with E-state index in [2.05, 4.69) is 40.6 Å². The maximum Gasteiger partial charge on any atom is 0.167 e. The van der Waals surface area contributed by atoms with Gasteiger partial charge in [0.2, 0.25) is 0 Å². The molecular formula is C27H18N4S2. The highest BCUT2D eigenvalue weighted by molar-refractivity contribution is 7.17. The Bertz CT molecular complexity index is 1520. The second-order valence-corrected chi connectivity index (χ2v) is 9.41. The van der Waals surface area contributed by atoms with Crippen LogP contribution in [0.2, 0.25) is 0 Å². The van der Waals surface area contributed by atoms with Gasteiger partial charge in [0.1, 0.15) is 16.8 Å². The second-order valence-electron chi connectivity index (χ2n) is 7.46. The minimum absolute atomic E-state index is 0.515. The lowest BCUT2D eigenvalue weighted by atomic mass is 10.1. The van der Waals surface area contributed by atoms with E-state index in [1.165, 1.54) is 16.9 Å². The summed E-state index contributed by atoms with van der Waals surface area (Å²) in [6.07, 6.45) is 1.87. The topological polar surface area (TPSA) is 61.4 Å². The number of nitriles is 1. The second kappa shape index (κ2) is 9.29. The van der Waals surface area contributed by atoms with Crippen molar-refractivity contribution in [2.24, 2.45) is 10.2 Å². The summed E-state index contributed by atoms with van der Waals surface area (Å²) < 4.78 is 0. The summed E-state index contributed by atoms with van der Waals surface area (Å²) in [6.45, 7) is 2.04. The van der Waals surface area contributed by atoms with Gasteiger partial charge >= 0.3 is 0 Å². The Morgan fingerprint density at radius 2 is 1.76 bits per heavy atom. The van der Waals surface area contributed by atoms with E-state index in [-0.39, 0.29) is 0 Å². The third kappa shape index (κ3) is 4.65. The molecule has 4 nitrogen and oxygen atoms in total. The molecule has 0 saturated heterocycles. The van der Waals surface area contributed by atoms with E-state index < -0.39 is 0 Å². The highest BCUT2D eigenvalue weighted by atomic mass is 32.1. The molecule has 0 bridgehead atoms. The molecule has 0 aliphatic heterocycles. The number of benzene rings is 3. The standard InChI is InChI=1S/C27H18N4S2/c1-18-8-12-23(13-9-18)30-31-27-25(21-11-10-19-5-2-3-6-20(19)15-21)29-26(33-27)22(17-28)16-24-7-4-14-32-24/h2-16H,1H3/b22-16-,31-30?. The summed E-state index contributed by atoms with van der Waals surface area (Å²) in [5.74, 6) is 0. The average molecular weight is 463 g/mol. The van der Waals surface area contributed by atoms with Crippen molar-refractivity contribution >= 4 is 55.8 Å². The number of hydrogen-bond donors (Lipinski definition) is 0. The van der Waals surface area contributed by atoms with Gasteiger partial charge in [0.15, 0.2) is 5.00 Å². The van der Waals surface area contributed by atoms with E-state index in [1.54, 1.807) is 11.3 Å². The molecule has 2 aromatic heterocycles. The van der Waals surface area contributed by atoms with E-state index >= 15 is 0 Å². The van der Waals surface area contributed by atoms with Crippen LogP contribution >= 0.6 is 22.7 Å². The molecule has 0 fully saturated rings. The minimum atomic E-state index is 0.515. The van der Waals surface area contributed by atoms with E-state index in [1.807, 2.05) is 73.0 Å². The van der Waals surface area contributed by atoms with Gasteiger partial charge < -0.3 is 0 Å². The predicted molar refractivity (Wildman–Crippen MR) is 138 cm³/mol. The molecular weight excluding hydrogens is 444 g/mol. The first-order chi connectivity index (χ1) is 16.2. The molecule has 6 heteroatoms. The fourth-order valence-electron chi connectivity index (χ4n) is 3.39. The number of aryl methyl sites for hydroxylation is 1. The van der Waals surface area contributed by atoms with Crippen LogP contribution in [-0.2, 0) is 0 Å². The minimum Gasteiger partial charge on any atom is -0.233 e. The number of hydrogen-bond acceptors (Lipinski definition) is 6. The number of nitrogens with zero attached hydrogens (tertiary/aromatic N) is 4. The first kappa shape index (κ1) is 21.0. The van der Waals surface area contributed by atoms with E-state index in [0.717, 1.165) is 32.6 Å². The van der Waals surface area contributed by atoms with Crippen molar-refractivity contribution in [3.05, 3.63) is 99.7 Å². The van der Waals surface area contributed by atoms with Crippen molar-refractivity contribution < 1.29 is 0 Å². The summed E-state index contributed by atoms with van der Waals surface area (Å²) >= 11 is 2.97. The molecule has 0 radical (unpaired) electrons. The first-order valence-corrected chi connectivity index (χ1v) is 12.0. The molecule has 0 aliphatic carbocycles.